The van der Waals surface area contributed by atoms with Crippen LogP contribution < -0.4 is 10.6 Å². The fraction of sp³-hybridized carbons (Fsp3) is 0.522. The van der Waals surface area contributed by atoms with Gasteiger partial charge in [-0.15, -0.1) is 11.3 Å². The zero-order chi connectivity index (χ0) is 22.1. The summed E-state index contributed by atoms with van der Waals surface area (Å²) < 4.78 is 5.23. The minimum atomic E-state index is -0.482. The maximum Gasteiger partial charge on any atom is 0.407 e. The number of hydrogen-bond donors (Lipinski definition) is 2. The van der Waals surface area contributed by atoms with Crippen LogP contribution in [0.2, 0.25) is 0 Å². The average molecular weight is 432 g/mol. The molecule has 6 nitrogen and oxygen atoms in total. The van der Waals surface area contributed by atoms with Gasteiger partial charge in [0.05, 0.1) is 9.88 Å². The summed E-state index contributed by atoms with van der Waals surface area (Å²) in [5.74, 6) is 0.315. The number of nitrogens with one attached hydrogen (secondary N) is 2. The monoisotopic (exact) mass is 431 g/mol. The lowest BCUT2D eigenvalue weighted by Crippen LogP contribution is -2.33. The number of rotatable bonds is 9. The van der Waals surface area contributed by atoms with E-state index < -0.39 is 5.60 Å². The van der Waals surface area contributed by atoms with E-state index in [4.69, 9.17) is 4.74 Å². The van der Waals surface area contributed by atoms with Gasteiger partial charge in [0.25, 0.3) is 5.91 Å². The second kappa shape index (κ2) is 11.1. The van der Waals surface area contributed by atoms with E-state index >= 15 is 0 Å². The molecule has 0 saturated heterocycles. The zero-order valence-electron chi connectivity index (χ0n) is 18.6. The van der Waals surface area contributed by atoms with Crippen molar-refractivity contribution in [3.8, 4) is 10.4 Å². The lowest BCUT2D eigenvalue weighted by Gasteiger charge is -2.20. The molecule has 2 amide bonds. The van der Waals surface area contributed by atoms with Gasteiger partial charge in [0.2, 0.25) is 0 Å². The van der Waals surface area contributed by atoms with Gasteiger partial charge in [-0.2, -0.15) is 0 Å². The Morgan fingerprint density at radius 2 is 1.80 bits per heavy atom. The highest BCUT2D eigenvalue weighted by Gasteiger charge is 2.18. The van der Waals surface area contributed by atoms with E-state index in [1.165, 1.54) is 11.3 Å². The number of alkyl carbamates (subject to hydrolysis) is 1. The van der Waals surface area contributed by atoms with Crippen LogP contribution in [0.4, 0.5) is 4.79 Å². The first-order chi connectivity index (χ1) is 14.2. The molecule has 0 aliphatic rings. The smallest absolute Gasteiger partial charge is 0.407 e. The van der Waals surface area contributed by atoms with Crippen LogP contribution in [0.15, 0.2) is 30.3 Å². The molecule has 1 atom stereocenters. The molecule has 164 valence electrons. The Morgan fingerprint density at radius 3 is 2.47 bits per heavy atom. The molecule has 30 heavy (non-hydrogen) atoms. The number of carbonyl (C=O) groups is 2. The number of ether oxygens (including phenoxy) is 1. The highest BCUT2D eigenvalue weighted by atomic mass is 32.1. The fourth-order valence-electron chi connectivity index (χ4n) is 2.98. The number of hydrogen-bond acceptors (Lipinski definition) is 5. The van der Waals surface area contributed by atoms with Crippen LogP contribution in [0.1, 0.15) is 62.5 Å². The molecular formula is C23H33N3O3S. The molecule has 0 fully saturated rings. The summed E-state index contributed by atoms with van der Waals surface area (Å²) in [6.45, 7) is 10.8. The third kappa shape index (κ3) is 8.14. The average Bonchev–Trinajstić information content (AvgIpc) is 3.06. The van der Waals surface area contributed by atoms with Gasteiger partial charge in [-0.05, 0) is 58.4 Å². The molecule has 1 aromatic carbocycles. The van der Waals surface area contributed by atoms with Gasteiger partial charge >= 0.3 is 6.09 Å². The van der Waals surface area contributed by atoms with Gasteiger partial charge < -0.3 is 15.4 Å². The van der Waals surface area contributed by atoms with Crippen molar-refractivity contribution in [3.05, 3.63) is 41.0 Å². The first-order valence-electron chi connectivity index (χ1n) is 10.4. The Balaban J connectivity index is 1.71. The lowest BCUT2D eigenvalue weighted by atomic mass is 10.0. The molecule has 0 radical (unpaired) electrons. The maximum absolute atomic E-state index is 12.6. The highest BCUT2D eigenvalue weighted by Crippen LogP contribution is 2.29. The largest absolute Gasteiger partial charge is 0.444 e. The minimum absolute atomic E-state index is 0.127. The van der Waals surface area contributed by atoms with Crippen molar-refractivity contribution < 1.29 is 14.3 Å². The number of nitrogens with zero attached hydrogens (tertiary/aromatic N) is 1. The van der Waals surface area contributed by atoms with Crippen LogP contribution in [-0.2, 0) is 4.74 Å². The number of amides is 2. The van der Waals surface area contributed by atoms with Gasteiger partial charge in [-0.3, -0.25) is 4.79 Å². The summed E-state index contributed by atoms with van der Waals surface area (Å²) in [6.07, 6.45) is 2.34. The molecule has 0 aliphatic heterocycles. The summed E-state index contributed by atoms with van der Waals surface area (Å²) in [7, 11) is 0. The molecule has 1 heterocycles. The number of aromatic nitrogens is 1. The van der Waals surface area contributed by atoms with Crippen LogP contribution >= 0.6 is 11.3 Å². The van der Waals surface area contributed by atoms with E-state index in [-0.39, 0.29) is 12.0 Å². The predicted octanol–water partition coefficient (Wildman–Crippen LogP) is 5.18. The molecule has 0 aliphatic carbocycles. The van der Waals surface area contributed by atoms with Gasteiger partial charge in [0, 0.05) is 13.1 Å². The Kier molecular flexibility index (Phi) is 8.84. The Bertz CT molecular complexity index is 828. The quantitative estimate of drug-likeness (QED) is 0.536. The molecule has 2 rings (SSSR count). The topological polar surface area (TPSA) is 80.3 Å². The van der Waals surface area contributed by atoms with Crippen molar-refractivity contribution in [2.45, 2.75) is 59.5 Å². The van der Waals surface area contributed by atoms with E-state index in [1.54, 1.807) is 0 Å². The normalized spacial score (nSPS) is 12.3. The van der Waals surface area contributed by atoms with E-state index in [0.29, 0.717) is 24.7 Å². The number of thiazole rings is 1. The zero-order valence-corrected chi connectivity index (χ0v) is 19.4. The van der Waals surface area contributed by atoms with E-state index in [9.17, 15) is 9.59 Å². The van der Waals surface area contributed by atoms with E-state index in [0.717, 1.165) is 34.7 Å². The van der Waals surface area contributed by atoms with Crippen molar-refractivity contribution in [2.75, 3.05) is 13.1 Å². The van der Waals surface area contributed by atoms with E-state index in [1.807, 2.05) is 58.0 Å². The van der Waals surface area contributed by atoms with Crippen molar-refractivity contribution >= 4 is 23.3 Å². The van der Waals surface area contributed by atoms with Crippen molar-refractivity contribution in [3.63, 3.8) is 0 Å². The van der Waals surface area contributed by atoms with Crippen LogP contribution in [0, 0.1) is 12.8 Å². The van der Waals surface area contributed by atoms with Crippen LogP contribution in [-0.4, -0.2) is 35.7 Å². The molecule has 1 unspecified atom stereocenters. The fourth-order valence-corrected chi connectivity index (χ4v) is 3.90. The SMILES string of the molecule is Cc1nc(C(=O)NCCCC(C)CCNC(=O)OC(C)(C)C)c(-c2ccccc2)s1. The third-order valence-corrected chi connectivity index (χ3v) is 5.47. The number of benzene rings is 1. The molecule has 1 aromatic heterocycles. The van der Waals surface area contributed by atoms with Gasteiger partial charge in [0.1, 0.15) is 11.3 Å². The van der Waals surface area contributed by atoms with E-state index in [2.05, 4.69) is 22.5 Å². The van der Waals surface area contributed by atoms with Gasteiger partial charge in [0.15, 0.2) is 0 Å². The summed E-state index contributed by atoms with van der Waals surface area (Å²) in [4.78, 5) is 29.6. The molecular weight excluding hydrogens is 398 g/mol. The van der Waals surface area contributed by atoms with Crippen molar-refractivity contribution in [1.82, 2.24) is 15.6 Å². The summed E-state index contributed by atoms with van der Waals surface area (Å²) in [5, 5.41) is 6.66. The molecule has 0 bridgehead atoms. The van der Waals surface area contributed by atoms with Gasteiger partial charge in [-0.1, -0.05) is 37.3 Å². The van der Waals surface area contributed by atoms with Crippen LogP contribution in [0.25, 0.3) is 10.4 Å². The lowest BCUT2D eigenvalue weighted by molar-refractivity contribution is 0.0525. The molecule has 2 aromatic rings. The number of carbonyl (C=O) groups excluding carboxylic acids is 2. The third-order valence-electron chi connectivity index (χ3n) is 4.45. The Hall–Kier alpha value is -2.41. The Morgan fingerprint density at radius 1 is 1.10 bits per heavy atom. The maximum atomic E-state index is 12.6. The van der Waals surface area contributed by atoms with Crippen LogP contribution in [0.3, 0.4) is 0 Å². The molecule has 2 N–H and O–H groups in total. The highest BCUT2D eigenvalue weighted by molar-refractivity contribution is 7.15. The summed E-state index contributed by atoms with van der Waals surface area (Å²) in [6, 6.07) is 9.88. The van der Waals surface area contributed by atoms with Gasteiger partial charge in [-0.25, -0.2) is 9.78 Å². The van der Waals surface area contributed by atoms with Crippen LogP contribution in [0.5, 0.6) is 0 Å². The molecule has 7 heteroatoms. The van der Waals surface area contributed by atoms with Crippen molar-refractivity contribution in [1.29, 1.82) is 0 Å². The number of aryl methyl sites for hydroxylation is 1. The predicted molar refractivity (Wildman–Crippen MR) is 122 cm³/mol. The molecule has 0 saturated carbocycles. The Labute approximate surface area is 183 Å². The summed E-state index contributed by atoms with van der Waals surface area (Å²) in [5.41, 5.74) is 1.03. The summed E-state index contributed by atoms with van der Waals surface area (Å²) >= 11 is 1.54. The van der Waals surface area contributed by atoms with Crippen molar-refractivity contribution in [2.24, 2.45) is 5.92 Å². The second-order valence-corrected chi connectivity index (χ2v) is 9.70. The first kappa shape index (κ1) is 23.9. The minimum Gasteiger partial charge on any atom is -0.444 e. The first-order valence-corrected chi connectivity index (χ1v) is 11.3. The second-order valence-electron chi connectivity index (χ2n) is 8.50. The standard InChI is InChI=1S/C23H33N3O3S/c1-16(13-15-25-22(28)29-23(3,4)5)10-9-14-24-21(27)19-20(30-17(2)26-19)18-11-7-6-8-12-18/h6-8,11-12,16H,9-10,13-15H2,1-5H3,(H,24,27)(H,25,28). The molecule has 0 spiro atoms.